The number of benzene rings is 1. The highest BCUT2D eigenvalue weighted by atomic mass is 127. The van der Waals surface area contributed by atoms with Crippen molar-refractivity contribution < 1.29 is 18.7 Å². The van der Waals surface area contributed by atoms with Crippen LogP contribution in [-0.4, -0.2) is 74.2 Å². The number of carbonyl (C=O) groups is 1. The molecule has 0 saturated carbocycles. The summed E-state index contributed by atoms with van der Waals surface area (Å²) in [6.45, 7) is 9.66. The summed E-state index contributed by atoms with van der Waals surface area (Å²) in [6, 6.07) is 4.97. The van der Waals surface area contributed by atoms with Crippen molar-refractivity contribution in [1.29, 1.82) is 0 Å². The highest BCUT2D eigenvalue weighted by molar-refractivity contribution is 14.0. The molecule has 3 rings (SSSR count). The fourth-order valence-corrected chi connectivity index (χ4v) is 3.89. The maximum absolute atomic E-state index is 14.1. The van der Waals surface area contributed by atoms with Gasteiger partial charge in [-0.3, -0.25) is 4.79 Å². The first-order chi connectivity index (χ1) is 14.6. The minimum Gasteiger partial charge on any atom is -0.491 e. The van der Waals surface area contributed by atoms with Gasteiger partial charge in [-0.25, -0.2) is 9.38 Å². The number of ether oxygens (including phenoxy) is 2. The van der Waals surface area contributed by atoms with Crippen LogP contribution in [-0.2, 0) is 16.1 Å². The smallest absolute Gasteiger partial charge is 0.225 e. The number of hydrogen-bond acceptors (Lipinski definition) is 4. The van der Waals surface area contributed by atoms with Crippen LogP contribution >= 0.6 is 24.0 Å². The standard InChI is InChI=1S/C22H33FN4O3.HI/c1-3-24-22(25-16-17-5-6-20(30-4-2)19(23)15-17)27-9-7-18(8-10-27)21(28)26-11-13-29-14-12-26;/h5-6,15,18H,3-4,7-14,16H2,1-2H3,(H,24,25);1H. The number of aliphatic imine (C=N–C) groups is 1. The molecule has 0 unspecified atom stereocenters. The summed E-state index contributed by atoms with van der Waals surface area (Å²) in [6.07, 6.45) is 1.64. The first-order valence-corrected chi connectivity index (χ1v) is 10.9. The van der Waals surface area contributed by atoms with Crippen molar-refractivity contribution in [1.82, 2.24) is 15.1 Å². The van der Waals surface area contributed by atoms with E-state index in [2.05, 4.69) is 10.2 Å². The lowest BCUT2D eigenvalue weighted by Crippen LogP contribution is -2.50. The molecule has 174 valence electrons. The SMILES string of the molecule is CCNC(=NCc1ccc(OCC)c(F)c1)N1CCC(C(=O)N2CCOCC2)CC1.I. The van der Waals surface area contributed by atoms with Gasteiger partial charge >= 0.3 is 0 Å². The summed E-state index contributed by atoms with van der Waals surface area (Å²) < 4.78 is 24.7. The van der Waals surface area contributed by atoms with Crippen molar-refractivity contribution in [3.63, 3.8) is 0 Å². The fraction of sp³-hybridized carbons (Fsp3) is 0.636. The summed E-state index contributed by atoms with van der Waals surface area (Å²) in [4.78, 5) is 21.6. The Kier molecular flexibility index (Phi) is 10.8. The third kappa shape index (κ3) is 7.20. The Hall–Kier alpha value is -1.62. The molecule has 0 aromatic heterocycles. The van der Waals surface area contributed by atoms with Gasteiger partial charge in [-0.1, -0.05) is 6.07 Å². The Bertz CT molecular complexity index is 735. The molecule has 0 spiro atoms. The predicted octanol–water partition coefficient (Wildman–Crippen LogP) is 2.88. The van der Waals surface area contributed by atoms with Crippen molar-refractivity contribution in [2.75, 3.05) is 52.5 Å². The molecule has 2 aliphatic rings. The van der Waals surface area contributed by atoms with E-state index in [1.54, 1.807) is 6.07 Å². The Morgan fingerprint density at radius 2 is 1.90 bits per heavy atom. The maximum atomic E-state index is 14.1. The zero-order chi connectivity index (χ0) is 21.3. The summed E-state index contributed by atoms with van der Waals surface area (Å²) in [7, 11) is 0. The van der Waals surface area contributed by atoms with E-state index in [4.69, 9.17) is 14.5 Å². The molecule has 0 bridgehead atoms. The number of carbonyl (C=O) groups excluding carboxylic acids is 1. The molecule has 1 N–H and O–H groups in total. The Morgan fingerprint density at radius 3 is 2.52 bits per heavy atom. The van der Waals surface area contributed by atoms with E-state index >= 15 is 0 Å². The molecule has 7 nitrogen and oxygen atoms in total. The number of guanidine groups is 1. The topological polar surface area (TPSA) is 66.4 Å². The van der Waals surface area contributed by atoms with E-state index in [0.29, 0.717) is 39.5 Å². The highest BCUT2D eigenvalue weighted by Gasteiger charge is 2.30. The average molecular weight is 548 g/mol. The molecule has 1 aromatic rings. The van der Waals surface area contributed by atoms with Gasteiger partial charge in [0.1, 0.15) is 0 Å². The molecule has 1 aromatic carbocycles. The lowest BCUT2D eigenvalue weighted by molar-refractivity contribution is -0.140. The lowest BCUT2D eigenvalue weighted by atomic mass is 9.95. The highest BCUT2D eigenvalue weighted by Crippen LogP contribution is 2.21. The van der Waals surface area contributed by atoms with Crippen LogP contribution in [0.4, 0.5) is 4.39 Å². The Labute approximate surface area is 201 Å². The quantitative estimate of drug-likeness (QED) is 0.337. The first kappa shape index (κ1) is 25.6. The average Bonchev–Trinajstić information content (AvgIpc) is 2.78. The zero-order valence-electron chi connectivity index (χ0n) is 18.4. The molecule has 0 atom stereocenters. The lowest BCUT2D eigenvalue weighted by Gasteiger charge is -2.36. The predicted molar refractivity (Wildman–Crippen MR) is 129 cm³/mol. The molecule has 2 saturated heterocycles. The van der Waals surface area contributed by atoms with Gasteiger partial charge < -0.3 is 24.6 Å². The number of morpholine rings is 1. The normalized spacial score (nSPS) is 17.8. The third-order valence-corrected chi connectivity index (χ3v) is 5.51. The van der Waals surface area contributed by atoms with E-state index in [9.17, 15) is 9.18 Å². The number of piperidine rings is 1. The van der Waals surface area contributed by atoms with E-state index in [0.717, 1.165) is 44.0 Å². The molecule has 9 heteroatoms. The second kappa shape index (κ2) is 13.0. The van der Waals surface area contributed by atoms with E-state index in [1.807, 2.05) is 24.8 Å². The largest absolute Gasteiger partial charge is 0.491 e. The molecule has 2 heterocycles. The number of amides is 1. The number of halogens is 2. The van der Waals surface area contributed by atoms with Crippen LogP contribution in [0.1, 0.15) is 32.3 Å². The fourth-order valence-electron chi connectivity index (χ4n) is 3.89. The van der Waals surface area contributed by atoms with Gasteiger partial charge in [0, 0.05) is 38.6 Å². The van der Waals surface area contributed by atoms with Crippen LogP contribution in [0.3, 0.4) is 0 Å². The van der Waals surface area contributed by atoms with E-state index in [-0.39, 0.29) is 47.4 Å². The molecule has 31 heavy (non-hydrogen) atoms. The summed E-state index contributed by atoms with van der Waals surface area (Å²) >= 11 is 0. The van der Waals surface area contributed by atoms with Crippen LogP contribution in [0.25, 0.3) is 0 Å². The molecule has 2 fully saturated rings. The van der Waals surface area contributed by atoms with Gasteiger partial charge in [-0.05, 0) is 44.4 Å². The van der Waals surface area contributed by atoms with E-state index in [1.165, 1.54) is 6.07 Å². The van der Waals surface area contributed by atoms with Crippen molar-refractivity contribution in [3.05, 3.63) is 29.6 Å². The Morgan fingerprint density at radius 1 is 1.19 bits per heavy atom. The van der Waals surface area contributed by atoms with Gasteiger partial charge in [-0.2, -0.15) is 0 Å². The maximum Gasteiger partial charge on any atom is 0.225 e. The number of likely N-dealkylation sites (tertiary alicyclic amines) is 1. The van der Waals surface area contributed by atoms with Gasteiger partial charge in [0.05, 0.1) is 26.4 Å². The van der Waals surface area contributed by atoms with E-state index < -0.39 is 0 Å². The molecule has 2 aliphatic heterocycles. The minimum atomic E-state index is -0.364. The number of rotatable bonds is 6. The number of nitrogens with zero attached hydrogens (tertiary/aromatic N) is 3. The van der Waals surface area contributed by atoms with Crippen LogP contribution in [0.15, 0.2) is 23.2 Å². The van der Waals surface area contributed by atoms with Crippen LogP contribution in [0.5, 0.6) is 5.75 Å². The number of nitrogens with one attached hydrogen (secondary N) is 1. The molecule has 1 amide bonds. The molecular formula is C22H34FIN4O3. The van der Waals surface area contributed by atoms with Crippen molar-refractivity contribution in [2.24, 2.45) is 10.9 Å². The van der Waals surface area contributed by atoms with Crippen LogP contribution < -0.4 is 10.1 Å². The number of hydrogen-bond donors (Lipinski definition) is 1. The van der Waals surface area contributed by atoms with Crippen LogP contribution in [0.2, 0.25) is 0 Å². The van der Waals surface area contributed by atoms with Gasteiger partial charge in [0.2, 0.25) is 5.91 Å². The summed E-state index contributed by atoms with van der Waals surface area (Å²) in [5, 5.41) is 3.32. The summed E-state index contributed by atoms with van der Waals surface area (Å²) in [5.74, 6) is 1.04. The second-order valence-corrected chi connectivity index (χ2v) is 7.57. The monoisotopic (exact) mass is 548 g/mol. The third-order valence-electron chi connectivity index (χ3n) is 5.51. The molecule has 0 aliphatic carbocycles. The Balaban J connectivity index is 0.00000341. The van der Waals surface area contributed by atoms with Crippen molar-refractivity contribution >= 4 is 35.8 Å². The summed E-state index contributed by atoms with van der Waals surface area (Å²) in [5.41, 5.74) is 0.795. The van der Waals surface area contributed by atoms with Gasteiger partial charge in [-0.15, -0.1) is 24.0 Å². The van der Waals surface area contributed by atoms with Crippen molar-refractivity contribution in [3.8, 4) is 5.75 Å². The zero-order valence-corrected chi connectivity index (χ0v) is 20.8. The molecular weight excluding hydrogens is 514 g/mol. The minimum absolute atomic E-state index is 0. The molecule has 0 radical (unpaired) electrons. The first-order valence-electron chi connectivity index (χ1n) is 10.9. The van der Waals surface area contributed by atoms with Crippen molar-refractivity contribution in [2.45, 2.75) is 33.2 Å². The van der Waals surface area contributed by atoms with Gasteiger partial charge in [0.25, 0.3) is 0 Å². The second-order valence-electron chi connectivity index (χ2n) is 7.57. The van der Waals surface area contributed by atoms with Crippen LogP contribution in [0, 0.1) is 11.7 Å². The van der Waals surface area contributed by atoms with Gasteiger partial charge in [0.15, 0.2) is 17.5 Å².